The normalized spacial score (nSPS) is 10.5. The van der Waals surface area contributed by atoms with Gasteiger partial charge >= 0.3 is 0 Å². The number of nitrogens with zero attached hydrogens (tertiary/aromatic N) is 5. The minimum atomic E-state index is 0.147. The lowest BCUT2D eigenvalue weighted by atomic mass is 10.2. The zero-order chi connectivity index (χ0) is 13.2. The Labute approximate surface area is 117 Å². The third kappa shape index (κ3) is 2.20. The Balaban J connectivity index is 2.11. The largest absolute Gasteiger partial charge is 0.242 e. The fourth-order valence-corrected chi connectivity index (χ4v) is 2.31. The molecule has 1 aromatic carbocycles. The molecule has 2 aromatic heterocycles. The number of nitriles is 1. The Morgan fingerprint density at radius 2 is 2.05 bits per heavy atom. The predicted octanol–water partition coefficient (Wildman–Crippen LogP) is 2.51. The van der Waals surface area contributed by atoms with Gasteiger partial charge in [-0.3, -0.25) is 0 Å². The second-order valence-corrected chi connectivity index (χ2v) is 4.73. The minimum absolute atomic E-state index is 0.147. The molecule has 6 heteroatoms. The summed E-state index contributed by atoms with van der Waals surface area (Å²) >= 11 is 3.38. The SMILES string of the molecule is N#Cc1ncc2c(Br)nn(Cc3ccccc3)c2n1. The van der Waals surface area contributed by atoms with Crippen molar-refractivity contribution in [1.82, 2.24) is 19.7 Å². The summed E-state index contributed by atoms with van der Waals surface area (Å²) in [5.74, 6) is 0.147. The fraction of sp³-hybridized carbons (Fsp3) is 0.0769. The molecule has 3 rings (SSSR count). The molecule has 0 unspecified atom stereocenters. The molecule has 0 aliphatic heterocycles. The molecule has 0 saturated carbocycles. The molecule has 0 radical (unpaired) electrons. The molecule has 19 heavy (non-hydrogen) atoms. The molecule has 0 aliphatic rings. The van der Waals surface area contributed by atoms with E-state index in [2.05, 4.69) is 31.0 Å². The third-order valence-electron chi connectivity index (χ3n) is 2.72. The van der Waals surface area contributed by atoms with Crippen molar-refractivity contribution in [3.05, 3.63) is 52.5 Å². The van der Waals surface area contributed by atoms with E-state index in [-0.39, 0.29) is 5.82 Å². The fourth-order valence-electron chi connectivity index (χ4n) is 1.84. The Kier molecular flexibility index (Phi) is 2.97. The van der Waals surface area contributed by atoms with Crippen LogP contribution in [0, 0.1) is 11.3 Å². The topological polar surface area (TPSA) is 67.4 Å². The van der Waals surface area contributed by atoms with Gasteiger partial charge in [-0.15, -0.1) is 0 Å². The first kappa shape index (κ1) is 11.8. The van der Waals surface area contributed by atoms with Gasteiger partial charge in [0.1, 0.15) is 10.7 Å². The standard InChI is InChI=1S/C13H8BrN5/c14-12-10-7-16-11(6-15)17-13(10)19(18-12)8-9-4-2-1-3-5-9/h1-5,7H,8H2. The lowest BCUT2D eigenvalue weighted by Gasteiger charge is -2.02. The van der Waals surface area contributed by atoms with Gasteiger partial charge in [-0.2, -0.15) is 15.3 Å². The predicted molar refractivity (Wildman–Crippen MR) is 73.3 cm³/mol. The summed E-state index contributed by atoms with van der Waals surface area (Å²) in [6, 6.07) is 11.9. The summed E-state index contributed by atoms with van der Waals surface area (Å²) in [7, 11) is 0. The maximum absolute atomic E-state index is 8.87. The first-order valence-electron chi connectivity index (χ1n) is 5.61. The average molecular weight is 314 g/mol. The second-order valence-electron chi connectivity index (χ2n) is 3.98. The summed E-state index contributed by atoms with van der Waals surface area (Å²) < 4.78 is 2.44. The van der Waals surface area contributed by atoms with Crippen molar-refractivity contribution >= 4 is 27.0 Å². The van der Waals surface area contributed by atoms with Gasteiger partial charge in [-0.1, -0.05) is 30.3 Å². The number of hydrogen-bond donors (Lipinski definition) is 0. The van der Waals surface area contributed by atoms with Gasteiger partial charge in [-0.25, -0.2) is 9.67 Å². The lowest BCUT2D eigenvalue weighted by molar-refractivity contribution is 0.697. The van der Waals surface area contributed by atoms with Crippen molar-refractivity contribution in [1.29, 1.82) is 5.26 Å². The molecular formula is C13H8BrN5. The summed E-state index contributed by atoms with van der Waals surface area (Å²) in [5, 5.41) is 14.1. The van der Waals surface area contributed by atoms with Gasteiger partial charge in [0.25, 0.3) is 0 Å². The van der Waals surface area contributed by atoms with Crippen molar-refractivity contribution < 1.29 is 0 Å². The maximum atomic E-state index is 8.87. The molecule has 5 nitrogen and oxygen atoms in total. The molecule has 0 bridgehead atoms. The molecule has 2 heterocycles. The van der Waals surface area contributed by atoms with Crippen molar-refractivity contribution in [2.75, 3.05) is 0 Å². The van der Waals surface area contributed by atoms with Crippen molar-refractivity contribution in [2.45, 2.75) is 6.54 Å². The molecular weight excluding hydrogens is 306 g/mol. The molecule has 3 aromatic rings. The highest BCUT2D eigenvalue weighted by atomic mass is 79.9. The summed E-state index contributed by atoms with van der Waals surface area (Å²) in [6.07, 6.45) is 1.61. The van der Waals surface area contributed by atoms with E-state index < -0.39 is 0 Å². The van der Waals surface area contributed by atoms with Crippen LogP contribution in [0.1, 0.15) is 11.4 Å². The van der Waals surface area contributed by atoms with E-state index in [1.807, 2.05) is 36.4 Å². The zero-order valence-electron chi connectivity index (χ0n) is 9.79. The van der Waals surface area contributed by atoms with Crippen LogP contribution in [0.15, 0.2) is 41.1 Å². The number of fused-ring (bicyclic) bond motifs is 1. The molecule has 0 fully saturated rings. The molecule has 0 aliphatic carbocycles. The van der Waals surface area contributed by atoms with E-state index in [1.54, 1.807) is 10.9 Å². The Bertz CT molecular complexity index is 773. The number of benzene rings is 1. The van der Waals surface area contributed by atoms with E-state index in [0.717, 1.165) is 10.9 Å². The number of aromatic nitrogens is 4. The number of halogens is 1. The summed E-state index contributed by atoms with van der Waals surface area (Å²) in [6.45, 7) is 0.602. The first-order chi connectivity index (χ1) is 9.28. The summed E-state index contributed by atoms with van der Waals surface area (Å²) in [4.78, 5) is 8.16. The van der Waals surface area contributed by atoms with Crippen LogP contribution in [0.25, 0.3) is 11.0 Å². The number of rotatable bonds is 2. The smallest absolute Gasteiger partial charge is 0.234 e. The Hall–Kier alpha value is -2.26. The molecule has 0 spiro atoms. The lowest BCUT2D eigenvalue weighted by Crippen LogP contribution is -2.03. The van der Waals surface area contributed by atoms with Crippen LogP contribution in [-0.2, 0) is 6.54 Å². The van der Waals surface area contributed by atoms with Crippen molar-refractivity contribution in [2.24, 2.45) is 0 Å². The number of hydrogen-bond acceptors (Lipinski definition) is 4. The van der Waals surface area contributed by atoms with Gasteiger partial charge in [0, 0.05) is 6.20 Å². The van der Waals surface area contributed by atoms with Gasteiger partial charge in [0.2, 0.25) is 5.82 Å². The van der Waals surface area contributed by atoms with Gasteiger partial charge in [0.15, 0.2) is 5.65 Å². The van der Waals surface area contributed by atoms with Crippen LogP contribution in [0.4, 0.5) is 0 Å². The van der Waals surface area contributed by atoms with E-state index in [4.69, 9.17) is 5.26 Å². The van der Waals surface area contributed by atoms with E-state index in [0.29, 0.717) is 16.8 Å². The highest BCUT2D eigenvalue weighted by molar-refractivity contribution is 9.10. The van der Waals surface area contributed by atoms with Gasteiger partial charge < -0.3 is 0 Å². The highest BCUT2D eigenvalue weighted by Crippen LogP contribution is 2.21. The van der Waals surface area contributed by atoms with E-state index in [9.17, 15) is 0 Å². The van der Waals surface area contributed by atoms with Crippen LogP contribution in [-0.4, -0.2) is 19.7 Å². The quantitative estimate of drug-likeness (QED) is 0.729. The Morgan fingerprint density at radius 3 is 2.79 bits per heavy atom. The Morgan fingerprint density at radius 1 is 1.26 bits per heavy atom. The van der Waals surface area contributed by atoms with Crippen LogP contribution in [0.2, 0.25) is 0 Å². The summed E-state index contributed by atoms with van der Waals surface area (Å²) in [5.41, 5.74) is 1.78. The minimum Gasteiger partial charge on any atom is -0.242 e. The van der Waals surface area contributed by atoms with Crippen molar-refractivity contribution in [3.63, 3.8) is 0 Å². The van der Waals surface area contributed by atoms with Crippen molar-refractivity contribution in [3.8, 4) is 6.07 Å². The molecule has 92 valence electrons. The molecule has 0 atom stereocenters. The zero-order valence-corrected chi connectivity index (χ0v) is 11.4. The van der Waals surface area contributed by atoms with E-state index >= 15 is 0 Å². The van der Waals surface area contributed by atoms with Gasteiger partial charge in [-0.05, 0) is 21.5 Å². The van der Waals surface area contributed by atoms with Crippen LogP contribution in [0.3, 0.4) is 0 Å². The highest BCUT2D eigenvalue weighted by Gasteiger charge is 2.11. The van der Waals surface area contributed by atoms with E-state index in [1.165, 1.54) is 0 Å². The monoisotopic (exact) mass is 313 g/mol. The van der Waals surface area contributed by atoms with Crippen LogP contribution >= 0.6 is 15.9 Å². The molecule has 0 N–H and O–H groups in total. The first-order valence-corrected chi connectivity index (χ1v) is 6.40. The maximum Gasteiger partial charge on any atom is 0.234 e. The third-order valence-corrected chi connectivity index (χ3v) is 3.30. The molecule has 0 amide bonds. The van der Waals surface area contributed by atoms with Crippen LogP contribution < -0.4 is 0 Å². The van der Waals surface area contributed by atoms with Crippen LogP contribution in [0.5, 0.6) is 0 Å². The second kappa shape index (κ2) is 4.78. The average Bonchev–Trinajstić information content (AvgIpc) is 2.76. The molecule has 0 saturated heterocycles. The van der Waals surface area contributed by atoms with Gasteiger partial charge in [0.05, 0.1) is 11.9 Å².